The van der Waals surface area contributed by atoms with Crippen molar-refractivity contribution < 1.29 is 5.11 Å². The standard InChI is InChI=1S/C10H20O/c1-8-4-9(7-11)6-10(2,3)5-8/h8-9,11H,4-7H2,1-3H3. The van der Waals surface area contributed by atoms with E-state index in [1.165, 1.54) is 19.3 Å². The Balaban J connectivity index is 2.51. The van der Waals surface area contributed by atoms with Crippen molar-refractivity contribution in [2.24, 2.45) is 17.3 Å². The molecule has 1 aliphatic rings. The third kappa shape index (κ3) is 2.48. The van der Waals surface area contributed by atoms with E-state index in [-0.39, 0.29) is 0 Å². The molecule has 2 atom stereocenters. The number of aliphatic hydroxyl groups excluding tert-OH is 1. The second kappa shape index (κ2) is 3.14. The number of hydrogen-bond acceptors (Lipinski definition) is 1. The molecule has 66 valence electrons. The van der Waals surface area contributed by atoms with Gasteiger partial charge in [-0.05, 0) is 36.5 Å². The van der Waals surface area contributed by atoms with E-state index in [0.717, 1.165) is 5.92 Å². The topological polar surface area (TPSA) is 20.2 Å². The molecule has 1 fully saturated rings. The first-order valence-electron chi connectivity index (χ1n) is 4.64. The van der Waals surface area contributed by atoms with Gasteiger partial charge in [-0.15, -0.1) is 0 Å². The zero-order valence-electron chi connectivity index (χ0n) is 7.93. The Labute approximate surface area is 69.8 Å². The number of hydrogen-bond donors (Lipinski definition) is 1. The summed E-state index contributed by atoms with van der Waals surface area (Å²) in [6, 6.07) is 0. The normalized spacial score (nSPS) is 37.1. The van der Waals surface area contributed by atoms with Crippen LogP contribution < -0.4 is 0 Å². The molecule has 0 aromatic heterocycles. The lowest BCUT2D eigenvalue weighted by Gasteiger charge is -2.38. The Hall–Kier alpha value is -0.0400. The summed E-state index contributed by atoms with van der Waals surface area (Å²) in [6.07, 6.45) is 3.75. The molecule has 1 N–H and O–H groups in total. The van der Waals surface area contributed by atoms with Crippen LogP contribution in [0.15, 0.2) is 0 Å². The monoisotopic (exact) mass is 156 g/mol. The Bertz CT molecular complexity index is 129. The second-order valence-corrected chi connectivity index (χ2v) is 4.96. The first-order valence-corrected chi connectivity index (χ1v) is 4.64. The molecule has 0 bridgehead atoms. The predicted molar refractivity (Wildman–Crippen MR) is 47.4 cm³/mol. The first-order chi connectivity index (χ1) is 5.03. The van der Waals surface area contributed by atoms with E-state index in [1.54, 1.807) is 0 Å². The zero-order chi connectivity index (χ0) is 8.48. The summed E-state index contributed by atoms with van der Waals surface area (Å²) in [7, 11) is 0. The van der Waals surface area contributed by atoms with Crippen LogP contribution in [-0.2, 0) is 0 Å². The first kappa shape index (κ1) is 9.05. The summed E-state index contributed by atoms with van der Waals surface area (Å²) in [4.78, 5) is 0. The molecule has 1 saturated carbocycles. The highest BCUT2D eigenvalue weighted by Crippen LogP contribution is 2.41. The average molecular weight is 156 g/mol. The van der Waals surface area contributed by atoms with E-state index in [1.807, 2.05) is 0 Å². The molecule has 1 aliphatic carbocycles. The molecular weight excluding hydrogens is 136 g/mol. The molecule has 0 saturated heterocycles. The van der Waals surface area contributed by atoms with Gasteiger partial charge < -0.3 is 5.11 Å². The fourth-order valence-electron chi connectivity index (χ4n) is 2.68. The van der Waals surface area contributed by atoms with E-state index in [4.69, 9.17) is 5.11 Å². The largest absolute Gasteiger partial charge is 0.396 e. The third-order valence-electron chi connectivity index (χ3n) is 2.74. The van der Waals surface area contributed by atoms with Gasteiger partial charge in [-0.2, -0.15) is 0 Å². The van der Waals surface area contributed by atoms with Gasteiger partial charge in [0.2, 0.25) is 0 Å². The highest BCUT2D eigenvalue weighted by Gasteiger charge is 2.31. The molecule has 0 heterocycles. The lowest BCUT2D eigenvalue weighted by atomic mass is 9.68. The van der Waals surface area contributed by atoms with Crippen molar-refractivity contribution in [3.63, 3.8) is 0 Å². The van der Waals surface area contributed by atoms with E-state index < -0.39 is 0 Å². The Morgan fingerprint density at radius 2 is 2.00 bits per heavy atom. The SMILES string of the molecule is CC1CC(CO)CC(C)(C)C1. The van der Waals surface area contributed by atoms with Gasteiger partial charge in [0.15, 0.2) is 0 Å². The van der Waals surface area contributed by atoms with Gasteiger partial charge in [0.1, 0.15) is 0 Å². The fraction of sp³-hybridized carbons (Fsp3) is 1.00. The average Bonchev–Trinajstić information content (AvgIpc) is 1.83. The van der Waals surface area contributed by atoms with E-state index in [2.05, 4.69) is 20.8 Å². The molecule has 2 unspecified atom stereocenters. The van der Waals surface area contributed by atoms with Crippen LogP contribution >= 0.6 is 0 Å². The van der Waals surface area contributed by atoms with Gasteiger partial charge in [0, 0.05) is 6.61 Å². The smallest absolute Gasteiger partial charge is 0.0459 e. The number of rotatable bonds is 1. The summed E-state index contributed by atoms with van der Waals surface area (Å²) in [5.41, 5.74) is 0.463. The van der Waals surface area contributed by atoms with E-state index in [9.17, 15) is 0 Å². The van der Waals surface area contributed by atoms with Crippen LogP contribution in [0.1, 0.15) is 40.0 Å². The zero-order valence-corrected chi connectivity index (χ0v) is 7.93. The van der Waals surface area contributed by atoms with Crippen molar-refractivity contribution in [3.05, 3.63) is 0 Å². The van der Waals surface area contributed by atoms with Crippen molar-refractivity contribution in [3.8, 4) is 0 Å². The summed E-state index contributed by atoms with van der Waals surface area (Å²) >= 11 is 0. The van der Waals surface area contributed by atoms with Gasteiger partial charge in [-0.1, -0.05) is 20.8 Å². The van der Waals surface area contributed by atoms with Crippen molar-refractivity contribution in [2.45, 2.75) is 40.0 Å². The third-order valence-corrected chi connectivity index (χ3v) is 2.74. The summed E-state index contributed by atoms with van der Waals surface area (Å²) in [5, 5.41) is 9.04. The Kier molecular flexibility index (Phi) is 2.58. The summed E-state index contributed by atoms with van der Waals surface area (Å²) in [5.74, 6) is 1.37. The minimum Gasteiger partial charge on any atom is -0.396 e. The van der Waals surface area contributed by atoms with E-state index in [0.29, 0.717) is 17.9 Å². The van der Waals surface area contributed by atoms with Gasteiger partial charge in [-0.3, -0.25) is 0 Å². The predicted octanol–water partition coefficient (Wildman–Crippen LogP) is 2.44. The maximum atomic E-state index is 9.04. The van der Waals surface area contributed by atoms with Gasteiger partial charge in [0.25, 0.3) is 0 Å². The minimum absolute atomic E-state index is 0.383. The second-order valence-electron chi connectivity index (χ2n) is 4.96. The molecule has 1 nitrogen and oxygen atoms in total. The van der Waals surface area contributed by atoms with Crippen LogP contribution in [0, 0.1) is 17.3 Å². The molecular formula is C10H20O. The van der Waals surface area contributed by atoms with Crippen LogP contribution in [0.5, 0.6) is 0 Å². The lowest BCUT2D eigenvalue weighted by molar-refractivity contribution is 0.0873. The molecule has 1 rings (SSSR count). The molecule has 0 aromatic rings. The van der Waals surface area contributed by atoms with Gasteiger partial charge in [0.05, 0.1) is 0 Å². The molecule has 0 amide bonds. The minimum atomic E-state index is 0.383. The highest BCUT2D eigenvalue weighted by atomic mass is 16.3. The van der Waals surface area contributed by atoms with Crippen LogP contribution in [0.4, 0.5) is 0 Å². The van der Waals surface area contributed by atoms with Crippen LogP contribution in [-0.4, -0.2) is 11.7 Å². The van der Waals surface area contributed by atoms with Crippen LogP contribution in [0.2, 0.25) is 0 Å². The highest BCUT2D eigenvalue weighted by molar-refractivity contribution is 4.82. The Morgan fingerprint density at radius 1 is 1.36 bits per heavy atom. The van der Waals surface area contributed by atoms with Crippen molar-refractivity contribution in [1.82, 2.24) is 0 Å². The molecule has 11 heavy (non-hydrogen) atoms. The van der Waals surface area contributed by atoms with E-state index >= 15 is 0 Å². The lowest BCUT2D eigenvalue weighted by Crippen LogP contribution is -2.29. The molecule has 0 radical (unpaired) electrons. The quantitative estimate of drug-likeness (QED) is 0.618. The maximum absolute atomic E-state index is 9.04. The summed E-state index contributed by atoms with van der Waals surface area (Å²) < 4.78 is 0. The van der Waals surface area contributed by atoms with Crippen molar-refractivity contribution in [2.75, 3.05) is 6.61 Å². The molecule has 0 aliphatic heterocycles. The van der Waals surface area contributed by atoms with Crippen molar-refractivity contribution in [1.29, 1.82) is 0 Å². The van der Waals surface area contributed by atoms with Gasteiger partial charge >= 0.3 is 0 Å². The maximum Gasteiger partial charge on any atom is 0.0459 e. The molecule has 0 aromatic carbocycles. The molecule has 1 heteroatoms. The van der Waals surface area contributed by atoms with Crippen LogP contribution in [0.25, 0.3) is 0 Å². The summed E-state index contributed by atoms with van der Waals surface area (Å²) in [6.45, 7) is 7.30. The van der Waals surface area contributed by atoms with Gasteiger partial charge in [-0.25, -0.2) is 0 Å². The Morgan fingerprint density at radius 3 is 2.45 bits per heavy atom. The number of aliphatic hydroxyl groups is 1. The van der Waals surface area contributed by atoms with Crippen LogP contribution in [0.3, 0.4) is 0 Å². The van der Waals surface area contributed by atoms with Crippen molar-refractivity contribution >= 4 is 0 Å². The molecule has 0 spiro atoms. The fourth-order valence-corrected chi connectivity index (χ4v) is 2.68.